The summed E-state index contributed by atoms with van der Waals surface area (Å²) in [4.78, 5) is 57.2. The maximum absolute atomic E-state index is 13.1. The zero-order valence-electron chi connectivity index (χ0n) is 14.4. The highest BCUT2D eigenvalue weighted by molar-refractivity contribution is 7.80. The normalized spacial score (nSPS) is 23.2. The van der Waals surface area contributed by atoms with Crippen molar-refractivity contribution in [3.05, 3.63) is 18.2 Å². The third-order valence-corrected chi connectivity index (χ3v) is 5.09. The molecule has 0 radical (unpaired) electrons. The highest BCUT2D eigenvalue weighted by Gasteiger charge is 2.40. The molecule has 11 heteroatoms. The number of carbonyl (C=O) groups excluding carboxylic acids is 4. The van der Waals surface area contributed by atoms with E-state index in [0.29, 0.717) is 23.4 Å². The molecule has 0 aromatic carbocycles. The van der Waals surface area contributed by atoms with Crippen LogP contribution in [0.5, 0.6) is 0 Å². The van der Waals surface area contributed by atoms with Gasteiger partial charge in [0.1, 0.15) is 18.1 Å². The number of rotatable bonds is 6. The summed E-state index contributed by atoms with van der Waals surface area (Å²) in [7, 11) is 0. The van der Waals surface area contributed by atoms with Gasteiger partial charge in [-0.15, -0.1) is 0 Å². The molecule has 1 aromatic rings. The summed E-state index contributed by atoms with van der Waals surface area (Å²) in [6, 6.07) is -2.60. The molecule has 2 aliphatic heterocycles. The van der Waals surface area contributed by atoms with E-state index in [-0.39, 0.29) is 25.3 Å². The van der Waals surface area contributed by atoms with Gasteiger partial charge in [-0.1, -0.05) is 12.2 Å². The van der Waals surface area contributed by atoms with Gasteiger partial charge in [-0.3, -0.25) is 19.2 Å². The lowest BCUT2D eigenvalue weighted by molar-refractivity contribution is -0.139. The number of nitrogens with one attached hydrogen (secondary N) is 3. The van der Waals surface area contributed by atoms with Crippen molar-refractivity contribution < 1.29 is 19.2 Å². The fourth-order valence-electron chi connectivity index (χ4n) is 3.31. The largest absolute Gasteiger partial charge is 0.368 e. The number of H-pyrrole nitrogens is 1. The van der Waals surface area contributed by atoms with Crippen molar-refractivity contribution >= 4 is 40.7 Å². The number of carbonyl (C=O) groups is 4. The zero-order chi connectivity index (χ0) is 19.6. The van der Waals surface area contributed by atoms with E-state index in [1.54, 1.807) is 6.20 Å². The molecule has 2 fully saturated rings. The number of aromatic nitrogens is 2. The fraction of sp³-hybridized carbons (Fsp3) is 0.500. The Morgan fingerprint density at radius 3 is 2.78 bits per heavy atom. The van der Waals surface area contributed by atoms with Gasteiger partial charge in [0.05, 0.1) is 12.0 Å². The van der Waals surface area contributed by atoms with E-state index in [2.05, 4.69) is 20.6 Å². The summed E-state index contributed by atoms with van der Waals surface area (Å²) in [5.41, 5.74) is 5.97. The van der Waals surface area contributed by atoms with Crippen LogP contribution in [0, 0.1) is 0 Å². The van der Waals surface area contributed by atoms with Gasteiger partial charge in [-0.2, -0.15) is 0 Å². The molecule has 3 rings (SSSR count). The van der Waals surface area contributed by atoms with Crippen LogP contribution >= 0.6 is 12.2 Å². The number of likely N-dealkylation sites (tertiary alicyclic amines) is 1. The van der Waals surface area contributed by atoms with Gasteiger partial charge in [-0.25, -0.2) is 4.98 Å². The first-order valence-corrected chi connectivity index (χ1v) is 8.97. The number of imidazole rings is 1. The fourth-order valence-corrected chi connectivity index (χ4v) is 3.65. The van der Waals surface area contributed by atoms with Crippen LogP contribution in [0.2, 0.25) is 0 Å². The van der Waals surface area contributed by atoms with E-state index in [9.17, 15) is 19.2 Å². The van der Waals surface area contributed by atoms with Gasteiger partial charge in [0.15, 0.2) is 0 Å². The first-order valence-electron chi connectivity index (χ1n) is 8.56. The van der Waals surface area contributed by atoms with E-state index in [1.807, 2.05) is 0 Å². The highest BCUT2D eigenvalue weighted by Crippen LogP contribution is 2.18. The van der Waals surface area contributed by atoms with E-state index in [4.69, 9.17) is 18.0 Å². The number of nitrogens with two attached hydrogens (primary N) is 1. The average Bonchev–Trinajstić information content (AvgIpc) is 3.34. The predicted molar refractivity (Wildman–Crippen MR) is 97.3 cm³/mol. The van der Waals surface area contributed by atoms with Crippen molar-refractivity contribution in [2.24, 2.45) is 5.73 Å². The minimum absolute atomic E-state index is 0.128. The number of nitrogens with zero attached hydrogens (tertiary/aromatic N) is 2. The molecule has 3 atom stereocenters. The molecule has 0 saturated carbocycles. The maximum atomic E-state index is 13.1. The summed E-state index contributed by atoms with van der Waals surface area (Å²) in [5, 5.41) is 5.24. The van der Waals surface area contributed by atoms with Crippen LogP contribution in [-0.4, -0.2) is 68.0 Å². The second-order valence-electron chi connectivity index (χ2n) is 6.54. The average molecular weight is 392 g/mol. The van der Waals surface area contributed by atoms with Crippen LogP contribution in [0.15, 0.2) is 12.5 Å². The predicted octanol–water partition coefficient (Wildman–Crippen LogP) is -1.83. The summed E-state index contributed by atoms with van der Waals surface area (Å²) < 4.78 is 0. The van der Waals surface area contributed by atoms with E-state index < -0.39 is 35.8 Å². The highest BCUT2D eigenvalue weighted by atomic mass is 32.1. The molecule has 2 saturated heterocycles. The number of primary amides is 1. The molecule has 0 spiro atoms. The molecular weight excluding hydrogens is 372 g/mol. The Bertz CT molecular complexity index is 780. The van der Waals surface area contributed by atoms with Crippen molar-refractivity contribution in [2.75, 3.05) is 6.54 Å². The lowest BCUT2D eigenvalue weighted by Crippen LogP contribution is -2.56. The van der Waals surface area contributed by atoms with E-state index in [0.717, 1.165) is 0 Å². The van der Waals surface area contributed by atoms with E-state index >= 15 is 0 Å². The molecule has 0 bridgehead atoms. The van der Waals surface area contributed by atoms with Gasteiger partial charge in [0, 0.05) is 30.4 Å². The first-order chi connectivity index (χ1) is 12.9. The number of amides is 4. The second kappa shape index (κ2) is 7.82. The lowest BCUT2D eigenvalue weighted by atomic mass is 10.1. The number of thiocarbonyl (C=S) groups is 1. The number of hydrogen-bond donors (Lipinski definition) is 4. The Labute approximate surface area is 160 Å². The Kier molecular flexibility index (Phi) is 5.49. The van der Waals surface area contributed by atoms with Gasteiger partial charge in [0.25, 0.3) is 0 Å². The van der Waals surface area contributed by atoms with Gasteiger partial charge >= 0.3 is 0 Å². The molecule has 0 unspecified atom stereocenters. The zero-order valence-corrected chi connectivity index (χ0v) is 15.3. The summed E-state index contributed by atoms with van der Waals surface area (Å²) >= 11 is 5.16. The Morgan fingerprint density at radius 1 is 1.41 bits per heavy atom. The van der Waals surface area contributed by atoms with Gasteiger partial charge in [0.2, 0.25) is 23.6 Å². The minimum atomic E-state index is -0.961. The molecule has 2 aliphatic rings. The summed E-state index contributed by atoms with van der Waals surface area (Å²) in [6.45, 7) is 0.262. The molecule has 0 aliphatic carbocycles. The van der Waals surface area contributed by atoms with Crippen molar-refractivity contribution in [1.29, 1.82) is 0 Å². The Morgan fingerprint density at radius 2 is 2.19 bits per heavy atom. The molecule has 4 amide bonds. The van der Waals surface area contributed by atoms with Crippen LogP contribution in [0.3, 0.4) is 0 Å². The van der Waals surface area contributed by atoms with Crippen LogP contribution in [-0.2, 0) is 25.6 Å². The van der Waals surface area contributed by atoms with Crippen LogP contribution in [0.1, 0.15) is 25.0 Å². The van der Waals surface area contributed by atoms with Crippen molar-refractivity contribution in [3.63, 3.8) is 0 Å². The van der Waals surface area contributed by atoms with Gasteiger partial charge < -0.3 is 26.3 Å². The summed E-state index contributed by atoms with van der Waals surface area (Å²) in [6.07, 6.45) is 4.24. The van der Waals surface area contributed by atoms with Crippen molar-refractivity contribution in [3.8, 4) is 0 Å². The third kappa shape index (κ3) is 4.13. The molecule has 10 nitrogen and oxygen atoms in total. The topological polar surface area (TPSA) is 150 Å². The molecule has 27 heavy (non-hydrogen) atoms. The standard InChI is InChI=1S/C16H20N6O4S/c17-14(24)13-11(27)3-4-22(13)16(26)10(5-8-6-18-7-19-8)21-15(25)9-1-2-12(23)20-9/h6-7,9-10,13H,1-5H2,(H2,17,24)(H,18,19)(H,20,23)(H,21,25)/t9-,10-,13-/m0/s1. The Hall–Kier alpha value is -2.82. The smallest absolute Gasteiger partial charge is 0.246 e. The molecule has 3 heterocycles. The van der Waals surface area contributed by atoms with Gasteiger partial charge in [-0.05, 0) is 12.8 Å². The van der Waals surface area contributed by atoms with Crippen LogP contribution in [0.25, 0.3) is 0 Å². The van der Waals surface area contributed by atoms with E-state index in [1.165, 1.54) is 11.2 Å². The summed E-state index contributed by atoms with van der Waals surface area (Å²) in [5.74, 6) is -1.81. The van der Waals surface area contributed by atoms with Crippen LogP contribution in [0.4, 0.5) is 0 Å². The molecular formula is C16H20N6O4S. The third-order valence-electron chi connectivity index (χ3n) is 4.66. The van der Waals surface area contributed by atoms with Crippen LogP contribution < -0.4 is 16.4 Å². The molecule has 1 aromatic heterocycles. The monoisotopic (exact) mass is 392 g/mol. The minimum Gasteiger partial charge on any atom is -0.368 e. The van der Waals surface area contributed by atoms with Crippen molar-refractivity contribution in [2.45, 2.75) is 43.8 Å². The number of aromatic amines is 1. The SMILES string of the molecule is NC(=O)[C@@H]1C(=S)CCN1C(=O)[C@H](Cc1c[nH]cn1)NC(=O)[C@@H]1CCC(=O)N1. The lowest BCUT2D eigenvalue weighted by Gasteiger charge is -2.28. The quantitative estimate of drug-likeness (QED) is 0.418. The Balaban J connectivity index is 1.77. The number of hydrogen-bond acceptors (Lipinski definition) is 6. The first kappa shape index (κ1) is 19.0. The maximum Gasteiger partial charge on any atom is 0.246 e. The molecule has 144 valence electrons. The van der Waals surface area contributed by atoms with Crippen molar-refractivity contribution in [1.82, 2.24) is 25.5 Å². The molecule has 5 N–H and O–H groups in total. The second-order valence-corrected chi connectivity index (χ2v) is 7.06.